The maximum atomic E-state index is 12.4. The summed E-state index contributed by atoms with van der Waals surface area (Å²) in [6.07, 6.45) is 3.15. The summed E-state index contributed by atoms with van der Waals surface area (Å²) in [5.41, 5.74) is 2.54. The van der Waals surface area contributed by atoms with Crippen LogP contribution in [0.4, 0.5) is 0 Å². The Kier molecular flexibility index (Phi) is 4.22. The Morgan fingerprint density at radius 3 is 3.05 bits per heavy atom. The molecule has 0 radical (unpaired) electrons. The van der Waals surface area contributed by atoms with Crippen molar-refractivity contribution in [3.05, 3.63) is 56.2 Å². The lowest BCUT2D eigenvalue weighted by Gasteiger charge is -2.24. The summed E-state index contributed by atoms with van der Waals surface area (Å²) in [6.45, 7) is 0.619. The summed E-state index contributed by atoms with van der Waals surface area (Å²) in [5.74, 6) is 0.171. The van der Waals surface area contributed by atoms with Crippen LogP contribution >= 0.6 is 27.3 Å². The highest BCUT2D eigenvalue weighted by Crippen LogP contribution is 2.31. The Balaban J connectivity index is 1.69. The van der Waals surface area contributed by atoms with Gasteiger partial charge in [0.25, 0.3) is 0 Å². The minimum absolute atomic E-state index is 0.0170. The minimum atomic E-state index is 0.0170. The highest BCUT2D eigenvalue weighted by atomic mass is 79.9. The number of thiophene rings is 1. The van der Waals surface area contributed by atoms with E-state index < -0.39 is 0 Å². The third kappa shape index (κ3) is 2.96. The van der Waals surface area contributed by atoms with E-state index in [1.807, 2.05) is 11.4 Å². The molecule has 4 heteroatoms. The molecule has 1 N–H and O–H groups in total. The molecule has 0 saturated heterocycles. The molecule has 1 aromatic heterocycles. The molecule has 0 bridgehead atoms. The van der Waals surface area contributed by atoms with Crippen LogP contribution in [0.2, 0.25) is 0 Å². The molecular formula is C16H16BrNOS. The zero-order valence-electron chi connectivity index (χ0n) is 11.1. The van der Waals surface area contributed by atoms with E-state index in [1.54, 1.807) is 11.3 Å². The van der Waals surface area contributed by atoms with Crippen molar-refractivity contribution in [2.75, 3.05) is 0 Å². The summed E-state index contributed by atoms with van der Waals surface area (Å²) in [4.78, 5) is 13.6. The van der Waals surface area contributed by atoms with E-state index in [-0.39, 0.29) is 11.8 Å². The summed E-state index contributed by atoms with van der Waals surface area (Å²) in [5, 5.41) is 5.11. The van der Waals surface area contributed by atoms with Crippen LogP contribution in [0.5, 0.6) is 0 Å². The molecule has 104 valence electrons. The molecule has 1 heterocycles. The lowest BCUT2D eigenvalue weighted by molar-refractivity contribution is -0.123. The van der Waals surface area contributed by atoms with Gasteiger partial charge in [0.05, 0.1) is 12.5 Å². The predicted octanol–water partition coefficient (Wildman–Crippen LogP) is 4.25. The Morgan fingerprint density at radius 1 is 1.40 bits per heavy atom. The minimum Gasteiger partial charge on any atom is -0.351 e. The Labute approximate surface area is 131 Å². The molecule has 1 atom stereocenters. The molecule has 2 nitrogen and oxygen atoms in total. The van der Waals surface area contributed by atoms with Crippen LogP contribution in [0, 0.1) is 0 Å². The fourth-order valence-corrected chi connectivity index (χ4v) is 4.16. The normalized spacial score (nSPS) is 17.6. The van der Waals surface area contributed by atoms with Gasteiger partial charge in [-0.15, -0.1) is 11.3 Å². The second kappa shape index (κ2) is 6.10. The van der Waals surface area contributed by atoms with Gasteiger partial charge in [-0.1, -0.05) is 24.3 Å². The van der Waals surface area contributed by atoms with Crippen molar-refractivity contribution >= 4 is 33.2 Å². The molecule has 20 heavy (non-hydrogen) atoms. The van der Waals surface area contributed by atoms with Crippen LogP contribution < -0.4 is 5.32 Å². The number of nitrogens with one attached hydrogen (secondary N) is 1. The third-order valence-electron chi connectivity index (χ3n) is 3.74. The van der Waals surface area contributed by atoms with Crippen molar-refractivity contribution in [3.63, 3.8) is 0 Å². The highest BCUT2D eigenvalue weighted by Gasteiger charge is 2.25. The predicted molar refractivity (Wildman–Crippen MR) is 86.0 cm³/mol. The Bertz CT molecular complexity index is 622. The first kappa shape index (κ1) is 13.8. The van der Waals surface area contributed by atoms with E-state index in [2.05, 4.69) is 45.5 Å². The molecule has 1 aromatic carbocycles. The molecular weight excluding hydrogens is 334 g/mol. The zero-order chi connectivity index (χ0) is 13.9. The van der Waals surface area contributed by atoms with Gasteiger partial charge in [0.15, 0.2) is 0 Å². The number of benzene rings is 1. The molecule has 2 aromatic rings. The Morgan fingerprint density at radius 2 is 2.25 bits per heavy atom. The van der Waals surface area contributed by atoms with Crippen LogP contribution in [0.3, 0.4) is 0 Å². The lowest BCUT2D eigenvalue weighted by atomic mass is 9.82. The van der Waals surface area contributed by atoms with Crippen molar-refractivity contribution in [1.82, 2.24) is 5.32 Å². The fourth-order valence-electron chi connectivity index (χ4n) is 2.77. The van der Waals surface area contributed by atoms with E-state index in [4.69, 9.17) is 0 Å². The zero-order valence-corrected chi connectivity index (χ0v) is 13.5. The van der Waals surface area contributed by atoms with E-state index in [0.29, 0.717) is 6.54 Å². The second-order valence-corrected chi connectivity index (χ2v) is 7.00. The van der Waals surface area contributed by atoms with Crippen molar-refractivity contribution in [3.8, 4) is 0 Å². The van der Waals surface area contributed by atoms with E-state index in [9.17, 15) is 4.79 Å². The molecule has 0 saturated carbocycles. The van der Waals surface area contributed by atoms with Crippen LogP contribution in [0.25, 0.3) is 0 Å². The van der Waals surface area contributed by atoms with Crippen molar-refractivity contribution in [1.29, 1.82) is 0 Å². The molecule has 1 aliphatic rings. The lowest BCUT2D eigenvalue weighted by Crippen LogP contribution is -2.30. The van der Waals surface area contributed by atoms with Gasteiger partial charge < -0.3 is 5.32 Å². The average molecular weight is 350 g/mol. The second-order valence-electron chi connectivity index (χ2n) is 5.09. The smallest absolute Gasteiger partial charge is 0.227 e. The Hall–Kier alpha value is -1.13. The van der Waals surface area contributed by atoms with E-state index >= 15 is 0 Å². The number of amides is 1. The van der Waals surface area contributed by atoms with Gasteiger partial charge in [0.2, 0.25) is 5.91 Å². The fraction of sp³-hybridized carbons (Fsp3) is 0.312. The molecule has 1 aliphatic carbocycles. The summed E-state index contributed by atoms with van der Waals surface area (Å²) in [6, 6.07) is 10.4. The number of fused-ring (bicyclic) bond motifs is 1. The van der Waals surface area contributed by atoms with Gasteiger partial charge >= 0.3 is 0 Å². The van der Waals surface area contributed by atoms with Crippen molar-refractivity contribution in [2.45, 2.75) is 31.7 Å². The topological polar surface area (TPSA) is 29.1 Å². The number of carbonyl (C=O) groups excluding carboxylic acids is 1. The number of rotatable bonds is 3. The highest BCUT2D eigenvalue weighted by molar-refractivity contribution is 9.10. The van der Waals surface area contributed by atoms with Crippen LogP contribution in [-0.2, 0) is 17.8 Å². The van der Waals surface area contributed by atoms with Crippen molar-refractivity contribution < 1.29 is 4.79 Å². The first-order chi connectivity index (χ1) is 9.74. The largest absolute Gasteiger partial charge is 0.351 e. The number of aryl methyl sites for hydroxylation is 1. The number of halogens is 1. The van der Waals surface area contributed by atoms with Gasteiger partial charge in [-0.05, 0) is 52.4 Å². The third-order valence-corrected chi connectivity index (χ3v) is 5.44. The quantitative estimate of drug-likeness (QED) is 0.881. The number of hydrogen-bond donors (Lipinski definition) is 1. The summed E-state index contributed by atoms with van der Waals surface area (Å²) < 4.78 is 1.08. The van der Waals surface area contributed by atoms with Crippen molar-refractivity contribution in [2.24, 2.45) is 0 Å². The summed E-state index contributed by atoms with van der Waals surface area (Å²) in [7, 11) is 0. The van der Waals surface area contributed by atoms with E-state index in [1.165, 1.54) is 16.0 Å². The first-order valence-electron chi connectivity index (χ1n) is 6.82. The van der Waals surface area contributed by atoms with E-state index in [0.717, 1.165) is 23.7 Å². The summed E-state index contributed by atoms with van der Waals surface area (Å²) >= 11 is 5.10. The molecule has 0 aliphatic heterocycles. The number of carbonyl (C=O) groups is 1. The average Bonchev–Trinajstić information content (AvgIpc) is 2.90. The maximum Gasteiger partial charge on any atom is 0.227 e. The molecule has 0 fully saturated rings. The molecule has 1 unspecified atom stereocenters. The van der Waals surface area contributed by atoms with Gasteiger partial charge in [0.1, 0.15) is 0 Å². The first-order valence-corrected chi connectivity index (χ1v) is 8.50. The van der Waals surface area contributed by atoms with Gasteiger partial charge in [-0.2, -0.15) is 0 Å². The molecule has 0 spiro atoms. The van der Waals surface area contributed by atoms with Gasteiger partial charge in [-0.3, -0.25) is 4.79 Å². The van der Waals surface area contributed by atoms with Crippen LogP contribution in [0.15, 0.2) is 40.2 Å². The monoisotopic (exact) mass is 349 g/mol. The standard InChI is InChI=1S/C16H16BrNOS/c17-12-8-13(20-10-12)9-18-16(19)15-7-3-5-11-4-1-2-6-14(11)15/h1-2,4,6,8,10,15H,3,5,7,9H2,(H,18,19). The molecule has 3 rings (SSSR count). The SMILES string of the molecule is O=C(NCc1cc(Br)cs1)C1CCCc2ccccc21. The number of hydrogen-bond acceptors (Lipinski definition) is 2. The molecule has 1 amide bonds. The van der Waals surface area contributed by atoms with Gasteiger partial charge in [-0.25, -0.2) is 0 Å². The van der Waals surface area contributed by atoms with Gasteiger partial charge in [0, 0.05) is 14.7 Å². The van der Waals surface area contributed by atoms with Crippen LogP contribution in [-0.4, -0.2) is 5.91 Å². The van der Waals surface area contributed by atoms with Crippen LogP contribution in [0.1, 0.15) is 34.8 Å². The maximum absolute atomic E-state index is 12.4.